The van der Waals surface area contributed by atoms with Crippen LogP contribution in [-0.4, -0.2) is 57.4 Å². The zero-order chi connectivity index (χ0) is 31.2. The number of thiophene rings is 1. The first-order chi connectivity index (χ1) is 21.9. The third-order valence-electron chi connectivity index (χ3n) is 8.57. The first kappa shape index (κ1) is 29.2. The molecule has 0 saturated carbocycles. The van der Waals surface area contributed by atoms with Crippen LogP contribution >= 0.6 is 11.3 Å². The second kappa shape index (κ2) is 11.8. The molecule has 8 nitrogen and oxygen atoms in total. The summed E-state index contributed by atoms with van der Waals surface area (Å²) in [6, 6.07) is 7.79. The van der Waals surface area contributed by atoms with Gasteiger partial charge in [-0.1, -0.05) is 6.58 Å². The third-order valence-corrected chi connectivity index (χ3v) is 9.51. The fourth-order valence-corrected chi connectivity index (χ4v) is 7.34. The number of ether oxygens (including phenoxy) is 2. The number of amides is 1. The van der Waals surface area contributed by atoms with Crippen molar-refractivity contribution in [3.05, 3.63) is 83.1 Å². The van der Waals surface area contributed by atoms with Crippen LogP contribution in [0.5, 0.6) is 5.75 Å². The maximum absolute atomic E-state index is 16.0. The van der Waals surface area contributed by atoms with Gasteiger partial charge in [-0.25, -0.2) is 13.8 Å². The van der Waals surface area contributed by atoms with Crippen LogP contribution in [-0.2, 0) is 28.9 Å². The van der Waals surface area contributed by atoms with Gasteiger partial charge in [0.15, 0.2) is 0 Å². The van der Waals surface area contributed by atoms with Gasteiger partial charge in [-0.3, -0.25) is 14.5 Å². The molecule has 1 aliphatic heterocycles. The lowest BCUT2D eigenvalue weighted by molar-refractivity contribution is -0.129. The molecule has 0 bridgehead atoms. The second-order valence-electron chi connectivity index (χ2n) is 11.2. The summed E-state index contributed by atoms with van der Waals surface area (Å²) in [7, 11) is 1.53. The van der Waals surface area contributed by atoms with E-state index in [0.717, 1.165) is 52.4 Å². The molecule has 230 valence electrons. The molecule has 0 unspecified atom stereocenters. The number of carbonyl (C=O) groups excluding carboxylic acids is 1. The average molecular weight is 628 g/mol. The van der Waals surface area contributed by atoms with Gasteiger partial charge < -0.3 is 14.4 Å². The molecular weight excluding hydrogens is 596 g/mol. The van der Waals surface area contributed by atoms with Gasteiger partial charge in [0, 0.05) is 58.9 Å². The van der Waals surface area contributed by atoms with Crippen LogP contribution in [0, 0.1) is 11.6 Å². The van der Waals surface area contributed by atoms with Crippen LogP contribution in [0.25, 0.3) is 43.9 Å². The molecule has 1 amide bonds. The summed E-state index contributed by atoms with van der Waals surface area (Å²) in [5.41, 5.74) is 6.21. The van der Waals surface area contributed by atoms with E-state index in [-0.39, 0.29) is 36.5 Å². The van der Waals surface area contributed by atoms with E-state index in [0.29, 0.717) is 35.7 Å². The molecule has 1 atom stereocenters. The Kier molecular flexibility index (Phi) is 7.66. The van der Waals surface area contributed by atoms with E-state index in [1.165, 1.54) is 36.2 Å². The van der Waals surface area contributed by atoms with Crippen molar-refractivity contribution < 1.29 is 23.0 Å². The number of rotatable bonds is 8. The molecule has 1 aromatic carbocycles. The van der Waals surface area contributed by atoms with Crippen molar-refractivity contribution in [2.45, 2.75) is 38.8 Å². The molecule has 0 radical (unpaired) electrons. The molecule has 0 fully saturated rings. The molecule has 7 rings (SSSR count). The monoisotopic (exact) mass is 627 g/mol. The van der Waals surface area contributed by atoms with E-state index in [1.807, 2.05) is 35.3 Å². The average Bonchev–Trinajstić information content (AvgIpc) is 3.80. The number of halogens is 2. The van der Waals surface area contributed by atoms with Crippen LogP contribution in [0.15, 0.2) is 54.6 Å². The number of pyridine rings is 2. The molecule has 1 aliphatic carbocycles. The minimum absolute atomic E-state index is 0.0503. The standard InChI is InChI=1S/C34H31F2N5O3S/c1-4-29(42)40-9-10-41-27(19(40)2)17-26(39-41)33-31(30-24(36)15-22(35)16-28(30)44-12-11-43-3)34-23(8-13-45-34)32(38-33)21-14-20-6-5-7-25(20)37-18-21/h4,8,13-19H,1,5-7,9-12H2,2-3H3/t19-/m1/s1. The number of hydrogen-bond donors (Lipinski definition) is 0. The summed E-state index contributed by atoms with van der Waals surface area (Å²) in [6.07, 6.45) is 6.15. The Hall–Kier alpha value is -4.48. The summed E-state index contributed by atoms with van der Waals surface area (Å²) in [5.74, 6) is -1.63. The number of aromatic nitrogens is 4. The number of nitrogens with zero attached hydrogens (tertiary/aromatic N) is 5. The summed E-state index contributed by atoms with van der Waals surface area (Å²) >= 11 is 1.44. The summed E-state index contributed by atoms with van der Waals surface area (Å²) in [4.78, 5) is 24.3. The number of carbonyl (C=O) groups is 1. The Bertz CT molecular complexity index is 1970. The first-order valence-corrected chi connectivity index (χ1v) is 15.8. The Morgan fingerprint density at radius 1 is 1.13 bits per heavy atom. The highest BCUT2D eigenvalue weighted by Crippen LogP contribution is 2.47. The van der Waals surface area contributed by atoms with Crippen molar-refractivity contribution in [3.8, 4) is 39.5 Å². The van der Waals surface area contributed by atoms with Crippen molar-refractivity contribution in [2.24, 2.45) is 0 Å². The SMILES string of the molecule is C=CC(=O)N1CCn2nc(-c3nc(-c4cnc5c(c4)CCC5)c4ccsc4c3-c3c(F)cc(F)cc3OCCOC)cc2[C@H]1C. The lowest BCUT2D eigenvalue weighted by Gasteiger charge is -2.33. The van der Waals surface area contributed by atoms with Gasteiger partial charge in [-0.15, -0.1) is 11.3 Å². The van der Waals surface area contributed by atoms with Crippen molar-refractivity contribution in [1.82, 2.24) is 24.6 Å². The van der Waals surface area contributed by atoms with E-state index < -0.39 is 11.6 Å². The van der Waals surface area contributed by atoms with E-state index in [1.54, 1.807) is 4.90 Å². The summed E-state index contributed by atoms with van der Waals surface area (Å²) in [5, 5.41) is 7.70. The third kappa shape index (κ3) is 5.09. The van der Waals surface area contributed by atoms with Crippen molar-refractivity contribution >= 4 is 27.3 Å². The molecule has 5 aromatic rings. The van der Waals surface area contributed by atoms with Crippen LogP contribution in [0.3, 0.4) is 0 Å². The molecular formula is C34H31F2N5O3S. The smallest absolute Gasteiger partial charge is 0.246 e. The highest BCUT2D eigenvalue weighted by Gasteiger charge is 2.31. The van der Waals surface area contributed by atoms with Crippen LogP contribution in [0.2, 0.25) is 0 Å². The Morgan fingerprint density at radius 2 is 2.00 bits per heavy atom. The zero-order valence-electron chi connectivity index (χ0n) is 25.0. The minimum Gasteiger partial charge on any atom is -0.490 e. The first-order valence-electron chi connectivity index (χ1n) is 14.9. The van der Waals surface area contributed by atoms with Gasteiger partial charge in [-0.05, 0) is 61.4 Å². The molecule has 0 spiro atoms. The van der Waals surface area contributed by atoms with Gasteiger partial charge in [0.25, 0.3) is 0 Å². The lowest BCUT2D eigenvalue weighted by atomic mass is 9.96. The molecule has 0 saturated heterocycles. The summed E-state index contributed by atoms with van der Waals surface area (Å²) in [6.45, 7) is 6.89. The van der Waals surface area contributed by atoms with Gasteiger partial charge in [0.1, 0.15) is 35.4 Å². The maximum atomic E-state index is 16.0. The van der Waals surface area contributed by atoms with Gasteiger partial charge in [0.05, 0.1) is 36.1 Å². The highest BCUT2D eigenvalue weighted by molar-refractivity contribution is 7.18. The molecule has 11 heteroatoms. The van der Waals surface area contributed by atoms with E-state index >= 15 is 4.39 Å². The van der Waals surface area contributed by atoms with Gasteiger partial charge in [-0.2, -0.15) is 5.10 Å². The largest absolute Gasteiger partial charge is 0.490 e. The lowest BCUT2D eigenvalue weighted by Crippen LogP contribution is -2.40. The zero-order valence-corrected chi connectivity index (χ0v) is 25.8. The van der Waals surface area contributed by atoms with Crippen LogP contribution in [0.4, 0.5) is 8.78 Å². The van der Waals surface area contributed by atoms with E-state index in [4.69, 9.17) is 24.5 Å². The minimum atomic E-state index is -0.771. The number of methoxy groups -OCH3 is 1. The number of fused-ring (bicyclic) bond motifs is 3. The topological polar surface area (TPSA) is 82.4 Å². The number of aryl methyl sites for hydroxylation is 2. The fraction of sp³-hybridized carbons (Fsp3) is 0.294. The van der Waals surface area contributed by atoms with E-state index in [2.05, 4.69) is 12.6 Å². The van der Waals surface area contributed by atoms with Crippen LogP contribution in [0.1, 0.15) is 36.3 Å². The second-order valence-corrected chi connectivity index (χ2v) is 12.1. The predicted molar refractivity (Wildman–Crippen MR) is 169 cm³/mol. The van der Waals surface area contributed by atoms with Crippen molar-refractivity contribution in [2.75, 3.05) is 26.9 Å². The normalized spacial score (nSPS) is 15.7. The molecule has 4 aromatic heterocycles. The molecule has 0 N–H and O–H groups in total. The molecule has 5 heterocycles. The Balaban J connectivity index is 1.49. The Morgan fingerprint density at radius 3 is 2.82 bits per heavy atom. The van der Waals surface area contributed by atoms with Crippen molar-refractivity contribution in [3.63, 3.8) is 0 Å². The fourth-order valence-electron chi connectivity index (χ4n) is 6.40. The van der Waals surface area contributed by atoms with Gasteiger partial charge >= 0.3 is 0 Å². The summed E-state index contributed by atoms with van der Waals surface area (Å²) < 4.78 is 44.3. The highest BCUT2D eigenvalue weighted by atomic mass is 32.1. The number of hydrogen-bond acceptors (Lipinski definition) is 7. The number of benzene rings is 1. The molecule has 2 aliphatic rings. The predicted octanol–water partition coefficient (Wildman–Crippen LogP) is 6.77. The van der Waals surface area contributed by atoms with E-state index in [9.17, 15) is 9.18 Å². The quantitative estimate of drug-likeness (QED) is 0.140. The van der Waals surface area contributed by atoms with Crippen LogP contribution < -0.4 is 4.74 Å². The van der Waals surface area contributed by atoms with Crippen molar-refractivity contribution in [1.29, 1.82) is 0 Å². The van der Waals surface area contributed by atoms with Gasteiger partial charge in [0.2, 0.25) is 5.91 Å². The molecule has 45 heavy (non-hydrogen) atoms. The Labute approximate surface area is 262 Å². The maximum Gasteiger partial charge on any atom is 0.246 e.